The van der Waals surface area contributed by atoms with Crippen LogP contribution in [0, 0.1) is 0 Å². The van der Waals surface area contributed by atoms with Crippen LogP contribution in [-0.2, 0) is 9.59 Å². The highest BCUT2D eigenvalue weighted by atomic mass is 35.5. The number of benzene rings is 1. The van der Waals surface area contributed by atoms with E-state index in [-0.39, 0.29) is 24.1 Å². The summed E-state index contributed by atoms with van der Waals surface area (Å²) in [6.07, 6.45) is 0.303. The first-order chi connectivity index (χ1) is 11.9. The van der Waals surface area contributed by atoms with Gasteiger partial charge in [-0.2, -0.15) is 0 Å². The molecule has 1 aromatic carbocycles. The number of Topliss-reactive ketones (excluding diaryl/α,β-unsaturated/α-hetero) is 2. The topological polar surface area (TPSA) is 75.3 Å². The van der Waals surface area contributed by atoms with Crippen LogP contribution in [0.15, 0.2) is 41.0 Å². The summed E-state index contributed by atoms with van der Waals surface area (Å²) in [5.41, 5.74) is 2.39. The van der Waals surface area contributed by atoms with Crippen molar-refractivity contribution in [1.29, 1.82) is 0 Å². The van der Waals surface area contributed by atoms with E-state index in [1.807, 2.05) is 6.92 Å². The molecule has 0 bridgehead atoms. The largest absolute Gasteiger partial charge is 0.338 e. The molecular formula is C19H21ClN2O3. The van der Waals surface area contributed by atoms with Crippen molar-refractivity contribution >= 4 is 34.8 Å². The minimum absolute atomic E-state index is 0.141. The predicted octanol–water partition coefficient (Wildman–Crippen LogP) is 3.29. The van der Waals surface area contributed by atoms with Crippen molar-refractivity contribution in [2.45, 2.75) is 27.2 Å². The number of amides is 2. The van der Waals surface area contributed by atoms with Gasteiger partial charge in [0.15, 0.2) is 11.6 Å². The molecule has 0 atom stereocenters. The number of hydrogen-bond acceptors (Lipinski definition) is 3. The maximum atomic E-state index is 12.9. The van der Waals surface area contributed by atoms with E-state index in [2.05, 4.69) is 10.6 Å². The van der Waals surface area contributed by atoms with Crippen LogP contribution in [0.1, 0.15) is 32.8 Å². The van der Waals surface area contributed by atoms with E-state index in [4.69, 9.17) is 11.6 Å². The molecule has 25 heavy (non-hydrogen) atoms. The van der Waals surface area contributed by atoms with Crippen LogP contribution in [0.2, 0.25) is 5.02 Å². The summed E-state index contributed by atoms with van der Waals surface area (Å²) in [5, 5.41) is 5.86. The average Bonchev–Trinajstić information content (AvgIpc) is 2.58. The monoisotopic (exact) mass is 360 g/mol. The Morgan fingerprint density at radius 1 is 1.00 bits per heavy atom. The Kier molecular flexibility index (Phi) is 6.15. The number of carbonyl (C=O) groups is 3. The van der Waals surface area contributed by atoms with Gasteiger partial charge in [0.1, 0.15) is 0 Å². The molecule has 0 spiro atoms. The molecule has 1 aliphatic carbocycles. The molecular weight excluding hydrogens is 340 g/mol. The third kappa shape index (κ3) is 4.17. The number of rotatable bonds is 5. The number of ketones is 2. The summed E-state index contributed by atoms with van der Waals surface area (Å²) in [6, 6.07) is 6.56. The van der Waals surface area contributed by atoms with E-state index in [1.165, 1.54) is 0 Å². The lowest BCUT2D eigenvalue weighted by atomic mass is 9.81. The van der Waals surface area contributed by atoms with Gasteiger partial charge in [0, 0.05) is 40.4 Å². The molecule has 1 aromatic rings. The van der Waals surface area contributed by atoms with Crippen molar-refractivity contribution in [2.24, 2.45) is 0 Å². The van der Waals surface area contributed by atoms with Gasteiger partial charge < -0.3 is 10.6 Å². The molecule has 0 saturated heterocycles. The Labute approximate surface area is 152 Å². The smallest absolute Gasteiger partial charge is 0.314 e. The number of urea groups is 1. The summed E-state index contributed by atoms with van der Waals surface area (Å²) in [6.45, 7) is 5.95. The zero-order valence-corrected chi connectivity index (χ0v) is 15.3. The highest BCUT2D eigenvalue weighted by molar-refractivity contribution is 6.39. The molecule has 0 unspecified atom stereocenters. The minimum atomic E-state index is -0.292. The van der Waals surface area contributed by atoms with Crippen molar-refractivity contribution in [2.75, 3.05) is 13.1 Å². The van der Waals surface area contributed by atoms with Crippen LogP contribution in [0.4, 0.5) is 4.79 Å². The second-order valence-corrected chi connectivity index (χ2v) is 6.24. The Morgan fingerprint density at radius 3 is 2.24 bits per heavy atom. The van der Waals surface area contributed by atoms with Crippen LogP contribution in [0.5, 0.6) is 0 Å². The molecule has 2 N–H and O–H groups in total. The van der Waals surface area contributed by atoms with Gasteiger partial charge in [0.05, 0.1) is 0 Å². The number of carbonyl (C=O) groups excluding carboxylic acids is 3. The second kappa shape index (κ2) is 8.12. The standard InChI is InChI=1S/C19H21ClN2O3/c1-4-21-19(25)22-10-9-15-11(2)17(23)12(3)16(18(15)24)13-5-7-14(20)8-6-13/h5-8H,4,9-10H2,1-3H3,(H2,21,22,25). The van der Waals surface area contributed by atoms with Gasteiger partial charge in [0.2, 0.25) is 0 Å². The minimum Gasteiger partial charge on any atom is -0.338 e. The fraction of sp³-hybridized carbons (Fsp3) is 0.316. The van der Waals surface area contributed by atoms with Crippen LogP contribution < -0.4 is 10.6 Å². The highest BCUT2D eigenvalue weighted by Gasteiger charge is 2.30. The molecule has 0 aliphatic heterocycles. The van der Waals surface area contributed by atoms with Crippen LogP contribution in [0.3, 0.4) is 0 Å². The molecule has 0 saturated carbocycles. The van der Waals surface area contributed by atoms with Crippen molar-refractivity contribution in [1.82, 2.24) is 10.6 Å². The molecule has 2 amide bonds. The van der Waals surface area contributed by atoms with E-state index in [0.717, 1.165) is 0 Å². The molecule has 0 radical (unpaired) electrons. The Bertz CT molecular complexity index is 776. The quantitative estimate of drug-likeness (QED) is 0.791. The zero-order chi connectivity index (χ0) is 18.6. The summed E-state index contributed by atoms with van der Waals surface area (Å²) in [7, 11) is 0. The molecule has 6 heteroatoms. The third-order valence-corrected chi connectivity index (χ3v) is 4.39. The summed E-state index contributed by atoms with van der Waals surface area (Å²) in [5.74, 6) is -0.313. The first-order valence-corrected chi connectivity index (χ1v) is 8.52. The van der Waals surface area contributed by atoms with Crippen molar-refractivity contribution in [3.8, 4) is 0 Å². The number of nitrogens with one attached hydrogen (secondary N) is 2. The average molecular weight is 361 g/mol. The Balaban J connectivity index is 2.24. The Hall–Kier alpha value is -2.40. The maximum Gasteiger partial charge on any atom is 0.314 e. The fourth-order valence-electron chi connectivity index (χ4n) is 2.81. The first kappa shape index (κ1) is 18.9. The molecule has 0 aromatic heterocycles. The zero-order valence-electron chi connectivity index (χ0n) is 14.5. The van der Waals surface area contributed by atoms with E-state index in [0.29, 0.717) is 45.8 Å². The molecule has 1 aliphatic rings. The van der Waals surface area contributed by atoms with Crippen LogP contribution in [-0.4, -0.2) is 30.7 Å². The predicted molar refractivity (Wildman–Crippen MR) is 98.5 cm³/mol. The second-order valence-electron chi connectivity index (χ2n) is 5.80. The van der Waals surface area contributed by atoms with Crippen molar-refractivity contribution in [3.05, 3.63) is 51.6 Å². The SMILES string of the molecule is CCNC(=O)NCCC1=C(C)C(=O)C(C)=C(c2ccc(Cl)cc2)C1=O. The molecule has 0 heterocycles. The summed E-state index contributed by atoms with van der Waals surface area (Å²) in [4.78, 5) is 37.0. The molecule has 5 nitrogen and oxygen atoms in total. The lowest BCUT2D eigenvalue weighted by Crippen LogP contribution is -2.36. The van der Waals surface area contributed by atoms with Gasteiger partial charge in [-0.05, 0) is 44.9 Å². The molecule has 132 valence electrons. The molecule has 0 fully saturated rings. The maximum absolute atomic E-state index is 12.9. The number of allylic oxidation sites excluding steroid dienone is 3. The van der Waals surface area contributed by atoms with Gasteiger partial charge in [-0.25, -0.2) is 4.79 Å². The van der Waals surface area contributed by atoms with E-state index >= 15 is 0 Å². The summed E-state index contributed by atoms with van der Waals surface area (Å²) >= 11 is 5.90. The highest BCUT2D eigenvalue weighted by Crippen LogP contribution is 2.32. The fourth-order valence-corrected chi connectivity index (χ4v) is 2.94. The normalized spacial score (nSPS) is 14.9. The van der Waals surface area contributed by atoms with Gasteiger partial charge in [-0.1, -0.05) is 23.7 Å². The van der Waals surface area contributed by atoms with Gasteiger partial charge in [-0.15, -0.1) is 0 Å². The van der Waals surface area contributed by atoms with Gasteiger partial charge >= 0.3 is 6.03 Å². The van der Waals surface area contributed by atoms with Gasteiger partial charge in [0.25, 0.3) is 0 Å². The van der Waals surface area contributed by atoms with Crippen LogP contribution >= 0.6 is 11.6 Å². The summed E-state index contributed by atoms with van der Waals surface area (Å²) < 4.78 is 0. The van der Waals surface area contributed by atoms with Gasteiger partial charge in [-0.3, -0.25) is 9.59 Å². The third-order valence-electron chi connectivity index (χ3n) is 4.14. The Morgan fingerprint density at radius 2 is 1.64 bits per heavy atom. The van der Waals surface area contributed by atoms with Crippen LogP contribution in [0.25, 0.3) is 5.57 Å². The van der Waals surface area contributed by atoms with E-state index < -0.39 is 0 Å². The lowest BCUT2D eigenvalue weighted by molar-refractivity contribution is -0.115. The number of halogens is 1. The van der Waals surface area contributed by atoms with Crippen molar-refractivity contribution in [3.63, 3.8) is 0 Å². The molecule has 2 rings (SSSR count). The van der Waals surface area contributed by atoms with Crippen molar-refractivity contribution < 1.29 is 14.4 Å². The lowest BCUT2D eigenvalue weighted by Gasteiger charge is -2.21. The first-order valence-electron chi connectivity index (χ1n) is 8.14. The van der Waals surface area contributed by atoms with E-state index in [9.17, 15) is 14.4 Å². The van der Waals surface area contributed by atoms with E-state index in [1.54, 1.807) is 38.1 Å². The number of hydrogen-bond donors (Lipinski definition) is 2.